The summed E-state index contributed by atoms with van der Waals surface area (Å²) in [6.07, 6.45) is 6.79. The van der Waals surface area contributed by atoms with Crippen molar-refractivity contribution in [3.8, 4) is 0 Å². The van der Waals surface area contributed by atoms with Crippen molar-refractivity contribution in [1.82, 2.24) is 4.98 Å². The summed E-state index contributed by atoms with van der Waals surface area (Å²) in [6, 6.07) is 3.54. The van der Waals surface area contributed by atoms with Crippen molar-refractivity contribution in [1.29, 1.82) is 0 Å². The molecule has 2 rings (SSSR count). The summed E-state index contributed by atoms with van der Waals surface area (Å²) in [6.45, 7) is 2.22. The van der Waals surface area contributed by atoms with Crippen molar-refractivity contribution in [3.63, 3.8) is 0 Å². The highest BCUT2D eigenvalue weighted by atomic mass is 31.2. The Bertz CT molecular complexity index is 432. The van der Waals surface area contributed by atoms with E-state index in [-0.39, 0.29) is 12.7 Å². The Morgan fingerprint density at radius 2 is 2.16 bits per heavy atom. The highest BCUT2D eigenvalue weighted by Crippen LogP contribution is 2.47. The number of aromatic nitrogens is 1. The van der Waals surface area contributed by atoms with E-state index in [2.05, 4.69) is 11.9 Å². The van der Waals surface area contributed by atoms with E-state index in [0.717, 1.165) is 31.2 Å². The van der Waals surface area contributed by atoms with Crippen LogP contribution in [0.25, 0.3) is 0 Å². The molecule has 19 heavy (non-hydrogen) atoms. The topological polar surface area (TPSA) is 68.7 Å². The Balaban J connectivity index is 1.80. The number of pyridine rings is 1. The van der Waals surface area contributed by atoms with Gasteiger partial charge in [0.25, 0.3) is 0 Å². The highest BCUT2D eigenvalue weighted by Gasteiger charge is 2.29. The molecule has 1 fully saturated rings. The molecule has 1 aromatic rings. The Morgan fingerprint density at radius 3 is 2.79 bits per heavy atom. The maximum absolute atomic E-state index is 11.8. The largest absolute Gasteiger partial charge is 0.472 e. The highest BCUT2D eigenvalue weighted by molar-refractivity contribution is 7.47. The van der Waals surface area contributed by atoms with E-state index < -0.39 is 7.82 Å². The molecule has 1 aromatic heterocycles. The minimum absolute atomic E-state index is 0.0325. The van der Waals surface area contributed by atoms with Gasteiger partial charge in [0, 0.05) is 12.4 Å². The van der Waals surface area contributed by atoms with Crippen molar-refractivity contribution >= 4 is 7.82 Å². The van der Waals surface area contributed by atoms with Crippen LogP contribution in [0.2, 0.25) is 0 Å². The summed E-state index contributed by atoms with van der Waals surface area (Å²) in [5, 5.41) is 0. The van der Waals surface area contributed by atoms with Gasteiger partial charge in [-0.15, -0.1) is 0 Å². The number of nitrogens with zero attached hydrogens (tertiary/aromatic N) is 1. The van der Waals surface area contributed by atoms with Gasteiger partial charge in [0.15, 0.2) is 0 Å². The third kappa shape index (κ3) is 5.03. The van der Waals surface area contributed by atoms with Gasteiger partial charge < -0.3 is 4.89 Å². The van der Waals surface area contributed by atoms with E-state index in [1.807, 2.05) is 0 Å². The van der Waals surface area contributed by atoms with Crippen LogP contribution >= 0.6 is 7.82 Å². The molecular weight excluding hydrogens is 265 g/mol. The third-order valence-corrected chi connectivity index (χ3v) is 4.38. The Morgan fingerprint density at radius 1 is 1.42 bits per heavy atom. The molecular formula is C13H20NO4P. The van der Waals surface area contributed by atoms with E-state index in [1.165, 1.54) is 0 Å². The molecule has 6 heteroatoms. The number of phosphoric ester groups is 1. The number of phosphoric acid groups is 1. The van der Waals surface area contributed by atoms with Crippen LogP contribution in [-0.2, 0) is 20.2 Å². The van der Waals surface area contributed by atoms with Crippen molar-refractivity contribution in [2.45, 2.75) is 45.3 Å². The van der Waals surface area contributed by atoms with Gasteiger partial charge in [-0.1, -0.05) is 13.0 Å². The van der Waals surface area contributed by atoms with E-state index >= 15 is 0 Å². The molecule has 106 valence electrons. The Labute approximate surface area is 113 Å². The van der Waals surface area contributed by atoms with E-state index in [9.17, 15) is 9.46 Å². The van der Waals surface area contributed by atoms with Gasteiger partial charge in [-0.2, -0.15) is 0 Å². The monoisotopic (exact) mass is 285 g/mol. The average molecular weight is 285 g/mol. The van der Waals surface area contributed by atoms with Crippen LogP contribution in [0.15, 0.2) is 24.5 Å². The van der Waals surface area contributed by atoms with Crippen LogP contribution in [0, 0.1) is 5.92 Å². The second kappa shape index (κ2) is 6.62. The molecule has 0 radical (unpaired) electrons. The average Bonchev–Trinajstić information content (AvgIpc) is 2.40. The quantitative estimate of drug-likeness (QED) is 0.841. The summed E-state index contributed by atoms with van der Waals surface area (Å²) in [7, 11) is -3.97. The fourth-order valence-electron chi connectivity index (χ4n) is 2.19. The lowest BCUT2D eigenvalue weighted by molar-refractivity contribution is 0.0706. The Hall–Kier alpha value is -0.740. The lowest BCUT2D eigenvalue weighted by Crippen LogP contribution is -2.19. The van der Waals surface area contributed by atoms with Crippen LogP contribution in [0.5, 0.6) is 0 Å². The number of hydrogen-bond donors (Lipinski definition) is 1. The molecule has 5 nitrogen and oxygen atoms in total. The molecule has 0 spiro atoms. The Kier molecular flexibility index (Phi) is 5.11. The van der Waals surface area contributed by atoms with Crippen molar-refractivity contribution in [2.24, 2.45) is 5.92 Å². The van der Waals surface area contributed by atoms with Gasteiger partial charge in [-0.3, -0.25) is 14.0 Å². The van der Waals surface area contributed by atoms with Gasteiger partial charge in [0.1, 0.15) is 0 Å². The first-order valence-electron chi connectivity index (χ1n) is 6.60. The van der Waals surface area contributed by atoms with Crippen LogP contribution in [0.4, 0.5) is 0 Å². The minimum Gasteiger partial charge on any atom is -0.302 e. The lowest BCUT2D eigenvalue weighted by atomic mass is 9.89. The van der Waals surface area contributed by atoms with Crippen LogP contribution in [0.3, 0.4) is 0 Å². The predicted molar refractivity (Wildman–Crippen MR) is 71.4 cm³/mol. The number of hydrogen-bond acceptors (Lipinski definition) is 4. The zero-order chi connectivity index (χ0) is 13.7. The van der Waals surface area contributed by atoms with Gasteiger partial charge in [-0.25, -0.2) is 4.57 Å². The second-order valence-electron chi connectivity index (χ2n) is 5.09. The van der Waals surface area contributed by atoms with Gasteiger partial charge in [-0.05, 0) is 43.2 Å². The minimum atomic E-state index is -3.97. The van der Waals surface area contributed by atoms with Crippen LogP contribution in [0.1, 0.15) is 38.2 Å². The molecule has 0 amide bonds. The predicted octanol–water partition coefficient (Wildman–Crippen LogP) is 3.29. The number of rotatable bonds is 5. The third-order valence-electron chi connectivity index (χ3n) is 3.36. The summed E-state index contributed by atoms with van der Waals surface area (Å²) in [5.41, 5.74) is 0.748. The smallest absolute Gasteiger partial charge is 0.302 e. The van der Waals surface area contributed by atoms with E-state index in [4.69, 9.17) is 9.05 Å². The molecule has 1 N–H and O–H groups in total. The zero-order valence-corrected chi connectivity index (χ0v) is 12.0. The van der Waals surface area contributed by atoms with Crippen molar-refractivity contribution in [3.05, 3.63) is 30.1 Å². The van der Waals surface area contributed by atoms with Crippen LogP contribution in [-0.4, -0.2) is 16.0 Å². The molecule has 1 saturated carbocycles. The normalized spacial score (nSPS) is 26.8. The molecule has 1 aliphatic rings. The first-order valence-corrected chi connectivity index (χ1v) is 8.09. The molecule has 0 aliphatic heterocycles. The summed E-state index contributed by atoms with van der Waals surface area (Å²) in [4.78, 5) is 13.6. The maximum atomic E-state index is 11.8. The molecule has 1 heterocycles. The first kappa shape index (κ1) is 14.7. The molecule has 1 atom stereocenters. The molecule has 0 saturated heterocycles. The summed E-state index contributed by atoms with van der Waals surface area (Å²) >= 11 is 0. The fraction of sp³-hybridized carbons (Fsp3) is 0.615. The van der Waals surface area contributed by atoms with Crippen molar-refractivity contribution < 1.29 is 18.5 Å². The fourth-order valence-corrected chi connectivity index (χ4v) is 3.15. The van der Waals surface area contributed by atoms with Crippen molar-refractivity contribution in [2.75, 3.05) is 0 Å². The molecule has 0 aromatic carbocycles. The molecule has 1 aliphatic carbocycles. The first-order chi connectivity index (χ1) is 9.05. The maximum Gasteiger partial charge on any atom is 0.472 e. The van der Waals surface area contributed by atoms with E-state index in [0.29, 0.717) is 5.92 Å². The van der Waals surface area contributed by atoms with Crippen LogP contribution < -0.4 is 0 Å². The van der Waals surface area contributed by atoms with Gasteiger partial charge >= 0.3 is 7.82 Å². The van der Waals surface area contributed by atoms with E-state index in [1.54, 1.807) is 24.5 Å². The lowest BCUT2D eigenvalue weighted by Gasteiger charge is -2.27. The summed E-state index contributed by atoms with van der Waals surface area (Å²) < 4.78 is 22.0. The zero-order valence-electron chi connectivity index (χ0n) is 11.1. The van der Waals surface area contributed by atoms with Gasteiger partial charge in [0.2, 0.25) is 0 Å². The molecule has 1 unspecified atom stereocenters. The standard InChI is InChI=1S/C13H20NO4P/c1-11-4-6-13(7-5-11)18-19(15,16)17-10-12-3-2-8-14-9-12/h2-3,8-9,11,13H,4-7,10H2,1H3,(H,15,16). The SMILES string of the molecule is CC1CCC(OP(=O)(O)OCc2cccnc2)CC1. The van der Waals surface area contributed by atoms with Gasteiger partial charge in [0.05, 0.1) is 12.7 Å². The second-order valence-corrected chi connectivity index (χ2v) is 6.50. The molecule has 0 bridgehead atoms. The summed E-state index contributed by atoms with van der Waals surface area (Å²) in [5.74, 6) is 0.675.